The normalized spacial score (nSPS) is 10.8. The zero-order valence-corrected chi connectivity index (χ0v) is 9.29. The third kappa shape index (κ3) is 1.67. The largest absolute Gasteiger partial charge is 0.345 e. The van der Waals surface area contributed by atoms with Crippen LogP contribution in [-0.4, -0.2) is 14.4 Å². The molecule has 0 saturated heterocycles. The number of hydrogen-bond acceptors (Lipinski definition) is 4. The molecule has 18 heavy (non-hydrogen) atoms. The van der Waals surface area contributed by atoms with Gasteiger partial charge >= 0.3 is 0 Å². The van der Waals surface area contributed by atoms with Crippen molar-refractivity contribution >= 4 is 22.3 Å². The van der Waals surface area contributed by atoms with Gasteiger partial charge in [0.2, 0.25) is 0 Å². The summed E-state index contributed by atoms with van der Waals surface area (Å²) >= 11 is 0. The van der Waals surface area contributed by atoms with E-state index in [-0.39, 0.29) is 22.3 Å². The lowest BCUT2D eigenvalue weighted by Crippen LogP contribution is -1.96. The summed E-state index contributed by atoms with van der Waals surface area (Å²) in [4.78, 5) is 20.2. The molecule has 7 nitrogen and oxygen atoms in total. The Bertz CT molecular complexity index is 665. The van der Waals surface area contributed by atoms with Crippen LogP contribution < -0.4 is 0 Å². The highest BCUT2D eigenvalue weighted by atomic mass is 19.1. The molecule has 0 amide bonds. The SMILES string of the molecule is Cn1c(CF)cc2c([N+](=O)[O-])cc([N+](=O)[O-])cc21. The predicted octanol–water partition coefficient (Wildman–Crippen LogP) is 2.46. The van der Waals surface area contributed by atoms with Gasteiger partial charge in [0.15, 0.2) is 0 Å². The molecule has 0 fully saturated rings. The number of hydrogen-bond donors (Lipinski definition) is 0. The van der Waals surface area contributed by atoms with Gasteiger partial charge in [0.05, 0.1) is 32.5 Å². The maximum Gasteiger partial charge on any atom is 0.285 e. The molecule has 0 aliphatic heterocycles. The van der Waals surface area contributed by atoms with Crippen LogP contribution in [0.1, 0.15) is 5.69 Å². The smallest absolute Gasteiger partial charge is 0.285 e. The number of aryl methyl sites for hydroxylation is 1. The van der Waals surface area contributed by atoms with Crippen molar-refractivity contribution < 1.29 is 14.2 Å². The summed E-state index contributed by atoms with van der Waals surface area (Å²) in [7, 11) is 1.50. The van der Waals surface area contributed by atoms with Gasteiger partial charge in [0, 0.05) is 13.1 Å². The summed E-state index contributed by atoms with van der Waals surface area (Å²) in [5.41, 5.74) is -0.285. The third-order valence-corrected chi connectivity index (χ3v) is 2.77. The van der Waals surface area contributed by atoms with E-state index < -0.39 is 22.2 Å². The molecule has 0 saturated carbocycles. The van der Waals surface area contributed by atoms with Crippen molar-refractivity contribution in [1.82, 2.24) is 4.57 Å². The van der Waals surface area contributed by atoms with E-state index in [4.69, 9.17) is 0 Å². The van der Waals surface area contributed by atoms with Crippen LogP contribution in [-0.2, 0) is 13.7 Å². The van der Waals surface area contributed by atoms with Crippen molar-refractivity contribution in [3.05, 3.63) is 44.1 Å². The van der Waals surface area contributed by atoms with Crippen LogP contribution >= 0.6 is 0 Å². The van der Waals surface area contributed by atoms with E-state index in [0.717, 1.165) is 6.07 Å². The van der Waals surface area contributed by atoms with E-state index in [9.17, 15) is 24.6 Å². The number of nitro groups is 2. The molecule has 0 N–H and O–H groups in total. The summed E-state index contributed by atoms with van der Waals surface area (Å²) in [5.74, 6) is 0. The molecule has 94 valence electrons. The highest BCUT2D eigenvalue weighted by Gasteiger charge is 2.22. The number of halogens is 1. The fourth-order valence-electron chi connectivity index (χ4n) is 1.84. The van der Waals surface area contributed by atoms with Crippen LogP contribution in [0.25, 0.3) is 10.9 Å². The minimum absolute atomic E-state index is 0.195. The van der Waals surface area contributed by atoms with Crippen LogP contribution in [0.4, 0.5) is 15.8 Å². The molecule has 1 aromatic carbocycles. The van der Waals surface area contributed by atoms with Crippen LogP contribution in [0.2, 0.25) is 0 Å². The highest BCUT2D eigenvalue weighted by Crippen LogP contribution is 2.33. The first-order valence-electron chi connectivity index (χ1n) is 4.92. The van der Waals surface area contributed by atoms with Crippen molar-refractivity contribution in [3.8, 4) is 0 Å². The number of nitro benzene ring substituents is 2. The van der Waals surface area contributed by atoms with Crippen LogP contribution in [0.3, 0.4) is 0 Å². The standard InChI is InChI=1S/C10H8FN3O4/c1-12-7(5-11)2-8-9(12)3-6(13(15)16)4-10(8)14(17)18/h2-4H,5H2,1H3. The lowest BCUT2D eigenvalue weighted by molar-refractivity contribution is -0.393. The van der Waals surface area contributed by atoms with Crippen molar-refractivity contribution in [1.29, 1.82) is 0 Å². The molecule has 2 aromatic rings. The van der Waals surface area contributed by atoms with Gasteiger partial charge in [-0.15, -0.1) is 0 Å². The van der Waals surface area contributed by atoms with E-state index in [1.54, 1.807) is 0 Å². The number of non-ortho nitro benzene ring substituents is 2. The van der Waals surface area contributed by atoms with E-state index >= 15 is 0 Å². The Hall–Kier alpha value is -2.51. The molecule has 0 spiro atoms. The molecule has 0 aliphatic carbocycles. The number of benzene rings is 1. The monoisotopic (exact) mass is 253 g/mol. The Morgan fingerprint density at radius 1 is 1.22 bits per heavy atom. The number of rotatable bonds is 3. The molecule has 8 heteroatoms. The molecule has 1 aromatic heterocycles. The molecular weight excluding hydrogens is 245 g/mol. The van der Waals surface area contributed by atoms with Gasteiger partial charge in [0.1, 0.15) is 6.67 Å². The fourth-order valence-corrected chi connectivity index (χ4v) is 1.84. The molecule has 0 unspecified atom stereocenters. The Labute approximate surface area is 99.7 Å². The minimum Gasteiger partial charge on any atom is -0.345 e. The maximum atomic E-state index is 12.7. The third-order valence-electron chi connectivity index (χ3n) is 2.77. The summed E-state index contributed by atoms with van der Waals surface area (Å²) < 4.78 is 14.1. The van der Waals surface area contributed by atoms with Crippen molar-refractivity contribution in [2.24, 2.45) is 7.05 Å². The van der Waals surface area contributed by atoms with Gasteiger partial charge in [-0.25, -0.2) is 4.39 Å². The van der Waals surface area contributed by atoms with E-state index in [2.05, 4.69) is 0 Å². The Morgan fingerprint density at radius 2 is 1.89 bits per heavy atom. The Balaban J connectivity index is 2.87. The first-order chi connectivity index (χ1) is 8.45. The molecule has 1 heterocycles. The Morgan fingerprint density at radius 3 is 2.39 bits per heavy atom. The van der Waals surface area contributed by atoms with Gasteiger partial charge in [-0.2, -0.15) is 0 Å². The topological polar surface area (TPSA) is 91.2 Å². The summed E-state index contributed by atoms with van der Waals surface area (Å²) in [6, 6.07) is 3.41. The molecule has 0 radical (unpaired) electrons. The lowest BCUT2D eigenvalue weighted by atomic mass is 10.2. The number of fused-ring (bicyclic) bond motifs is 1. The second-order valence-corrected chi connectivity index (χ2v) is 3.74. The van der Waals surface area contributed by atoms with Gasteiger partial charge in [-0.3, -0.25) is 20.2 Å². The number of alkyl halides is 1. The molecule has 0 bridgehead atoms. The second kappa shape index (κ2) is 4.06. The van der Waals surface area contributed by atoms with E-state index in [1.165, 1.54) is 23.7 Å². The summed E-state index contributed by atoms with van der Waals surface area (Å²) in [6.07, 6.45) is 0. The number of nitrogens with zero attached hydrogens (tertiary/aromatic N) is 3. The van der Waals surface area contributed by atoms with Crippen molar-refractivity contribution in [3.63, 3.8) is 0 Å². The summed E-state index contributed by atoms with van der Waals surface area (Å²) in [6.45, 7) is -0.796. The average Bonchev–Trinajstić information content (AvgIpc) is 2.65. The lowest BCUT2D eigenvalue weighted by Gasteiger charge is -2.00. The van der Waals surface area contributed by atoms with E-state index in [1.807, 2.05) is 0 Å². The average molecular weight is 253 g/mol. The molecular formula is C10H8FN3O4. The molecule has 0 aliphatic rings. The first kappa shape index (κ1) is 12.0. The van der Waals surface area contributed by atoms with Crippen LogP contribution in [0.5, 0.6) is 0 Å². The van der Waals surface area contributed by atoms with Crippen LogP contribution in [0, 0.1) is 20.2 Å². The fraction of sp³-hybridized carbons (Fsp3) is 0.200. The van der Waals surface area contributed by atoms with Crippen LogP contribution in [0.15, 0.2) is 18.2 Å². The van der Waals surface area contributed by atoms with E-state index in [0.29, 0.717) is 0 Å². The first-order valence-corrected chi connectivity index (χ1v) is 4.92. The zero-order valence-electron chi connectivity index (χ0n) is 9.29. The minimum atomic E-state index is -0.796. The zero-order chi connectivity index (χ0) is 13.4. The van der Waals surface area contributed by atoms with Gasteiger partial charge in [-0.1, -0.05) is 0 Å². The molecule has 0 atom stereocenters. The number of aromatic nitrogens is 1. The quantitative estimate of drug-likeness (QED) is 0.620. The highest BCUT2D eigenvalue weighted by molar-refractivity contribution is 5.92. The summed E-state index contributed by atoms with van der Waals surface area (Å²) in [5, 5.41) is 21.8. The second-order valence-electron chi connectivity index (χ2n) is 3.74. The van der Waals surface area contributed by atoms with Gasteiger partial charge < -0.3 is 4.57 Å². The van der Waals surface area contributed by atoms with Gasteiger partial charge in [-0.05, 0) is 6.07 Å². The van der Waals surface area contributed by atoms with Crippen molar-refractivity contribution in [2.45, 2.75) is 6.67 Å². The van der Waals surface area contributed by atoms with Gasteiger partial charge in [0.25, 0.3) is 11.4 Å². The maximum absolute atomic E-state index is 12.7. The predicted molar refractivity (Wildman–Crippen MR) is 61.0 cm³/mol. The van der Waals surface area contributed by atoms with Crippen molar-refractivity contribution in [2.75, 3.05) is 0 Å². The Kier molecular flexibility index (Phi) is 2.70. The molecule has 2 rings (SSSR count).